The summed E-state index contributed by atoms with van der Waals surface area (Å²) < 4.78 is 6.94. The molecule has 0 N–H and O–H groups in total. The second-order valence-electron chi connectivity index (χ2n) is 15.0. The molecule has 274 valence electrons. The minimum Gasteiger partial charge on any atom is -0.456 e. The fraction of sp³-hybridized carbons (Fsp3) is 0.0566. The average molecular weight is 745 g/mol. The van der Waals surface area contributed by atoms with Gasteiger partial charge in [0.1, 0.15) is 11.5 Å². The number of aromatic nitrogens is 4. The first-order valence-electron chi connectivity index (χ1n) is 19.6. The number of benzene rings is 7. The summed E-state index contributed by atoms with van der Waals surface area (Å²) in [5, 5.41) is 0. The summed E-state index contributed by atoms with van der Waals surface area (Å²) in [5.74, 6) is 3.59. The van der Waals surface area contributed by atoms with Crippen LogP contribution in [0.5, 0.6) is 11.5 Å². The second kappa shape index (κ2) is 13.3. The van der Waals surface area contributed by atoms with Crippen LogP contribution < -0.4 is 4.74 Å². The van der Waals surface area contributed by atoms with Gasteiger partial charge in [-0.3, -0.25) is 4.98 Å². The monoisotopic (exact) mass is 744 g/mol. The van der Waals surface area contributed by atoms with Crippen molar-refractivity contribution >= 4 is 0 Å². The number of rotatable bonds is 5. The Bertz CT molecular complexity index is 3000. The van der Waals surface area contributed by atoms with Crippen LogP contribution in [0.25, 0.3) is 67.5 Å². The Kier molecular flexibility index (Phi) is 7.76. The number of aryl methyl sites for hydroxylation is 2. The van der Waals surface area contributed by atoms with Gasteiger partial charge in [-0.25, -0.2) is 15.0 Å². The van der Waals surface area contributed by atoms with Crippen molar-refractivity contribution < 1.29 is 4.74 Å². The Hall–Kier alpha value is -7.50. The van der Waals surface area contributed by atoms with Gasteiger partial charge in [0, 0.05) is 50.3 Å². The summed E-state index contributed by atoms with van der Waals surface area (Å²) in [4.78, 5) is 19.7. The van der Waals surface area contributed by atoms with Gasteiger partial charge in [0.25, 0.3) is 0 Å². The smallest absolute Gasteiger partial charge is 0.164 e. The molecule has 5 heteroatoms. The van der Waals surface area contributed by atoms with Crippen LogP contribution in [0.3, 0.4) is 0 Å². The van der Waals surface area contributed by atoms with Crippen molar-refractivity contribution in [2.75, 3.05) is 0 Å². The summed E-state index contributed by atoms with van der Waals surface area (Å²) in [6.07, 6.45) is 0. The van der Waals surface area contributed by atoms with Crippen LogP contribution in [0, 0.1) is 13.8 Å². The van der Waals surface area contributed by atoms with Crippen molar-refractivity contribution in [1.29, 1.82) is 0 Å². The van der Waals surface area contributed by atoms with Gasteiger partial charge < -0.3 is 4.74 Å². The van der Waals surface area contributed by atoms with E-state index in [9.17, 15) is 0 Å². The molecule has 0 radical (unpaired) electrons. The van der Waals surface area contributed by atoms with E-state index in [-0.39, 0.29) is 0 Å². The Morgan fingerprint density at radius 3 is 1.41 bits per heavy atom. The van der Waals surface area contributed by atoms with Crippen LogP contribution in [0.2, 0.25) is 0 Å². The Morgan fingerprint density at radius 1 is 0.345 bits per heavy atom. The lowest BCUT2D eigenvalue weighted by atomic mass is 9.65. The second-order valence-corrected chi connectivity index (χ2v) is 15.0. The maximum absolute atomic E-state index is 6.94. The first kappa shape index (κ1) is 33.8. The van der Waals surface area contributed by atoms with Crippen molar-refractivity contribution in [2.24, 2.45) is 0 Å². The lowest BCUT2D eigenvalue weighted by Crippen LogP contribution is -2.32. The quantitative estimate of drug-likeness (QED) is 0.176. The molecule has 5 nitrogen and oxygen atoms in total. The number of ether oxygens (including phenoxy) is 1. The van der Waals surface area contributed by atoms with Crippen LogP contribution in [0.4, 0.5) is 0 Å². The topological polar surface area (TPSA) is 60.8 Å². The zero-order valence-electron chi connectivity index (χ0n) is 32.0. The Balaban J connectivity index is 1.01. The molecule has 2 aliphatic rings. The fourth-order valence-corrected chi connectivity index (χ4v) is 9.05. The molecule has 0 saturated heterocycles. The van der Waals surface area contributed by atoms with E-state index in [0.717, 1.165) is 73.0 Å². The number of hydrogen-bond acceptors (Lipinski definition) is 5. The fourth-order valence-electron chi connectivity index (χ4n) is 9.05. The number of fused-ring (bicyclic) bond motifs is 9. The van der Waals surface area contributed by atoms with E-state index >= 15 is 0 Å². The molecule has 1 aliphatic carbocycles. The summed E-state index contributed by atoms with van der Waals surface area (Å²) >= 11 is 0. The van der Waals surface area contributed by atoms with Crippen molar-refractivity contribution in [3.8, 4) is 79.0 Å². The molecule has 0 bridgehead atoms. The molecule has 0 amide bonds. The number of para-hydroxylation sites is 2. The van der Waals surface area contributed by atoms with E-state index < -0.39 is 5.41 Å². The molecular formula is C53H36N4O. The molecule has 3 heterocycles. The molecule has 0 fully saturated rings. The van der Waals surface area contributed by atoms with Gasteiger partial charge in [-0.05, 0) is 59.4 Å². The van der Waals surface area contributed by atoms with Gasteiger partial charge in [-0.2, -0.15) is 0 Å². The van der Waals surface area contributed by atoms with Crippen molar-refractivity contribution in [2.45, 2.75) is 19.3 Å². The summed E-state index contributed by atoms with van der Waals surface area (Å²) in [6.45, 7) is 4.07. The van der Waals surface area contributed by atoms with Crippen molar-refractivity contribution in [3.63, 3.8) is 0 Å². The van der Waals surface area contributed by atoms with Gasteiger partial charge >= 0.3 is 0 Å². The van der Waals surface area contributed by atoms with E-state index in [2.05, 4.69) is 164 Å². The van der Waals surface area contributed by atoms with Crippen molar-refractivity contribution in [3.05, 3.63) is 216 Å². The van der Waals surface area contributed by atoms with Crippen LogP contribution in [-0.2, 0) is 5.41 Å². The third-order valence-corrected chi connectivity index (χ3v) is 11.7. The number of pyridine rings is 1. The lowest BCUT2D eigenvalue weighted by molar-refractivity contribution is 0.438. The highest BCUT2D eigenvalue weighted by Crippen LogP contribution is 2.63. The molecule has 0 atom stereocenters. The van der Waals surface area contributed by atoms with Crippen molar-refractivity contribution in [1.82, 2.24) is 19.9 Å². The largest absolute Gasteiger partial charge is 0.456 e. The average Bonchev–Trinajstić information content (AvgIpc) is 3.57. The van der Waals surface area contributed by atoms with Crippen LogP contribution in [0.15, 0.2) is 182 Å². The Morgan fingerprint density at radius 2 is 0.810 bits per heavy atom. The molecule has 9 aromatic rings. The van der Waals surface area contributed by atoms with Crippen LogP contribution in [-0.4, -0.2) is 19.9 Å². The zero-order valence-corrected chi connectivity index (χ0v) is 32.0. The number of nitrogens with zero attached hydrogens (tertiary/aromatic N) is 4. The molecule has 1 aliphatic heterocycles. The molecule has 7 aromatic carbocycles. The van der Waals surface area contributed by atoms with E-state index in [1.165, 1.54) is 22.3 Å². The highest BCUT2D eigenvalue weighted by atomic mass is 16.5. The third-order valence-electron chi connectivity index (χ3n) is 11.7. The van der Waals surface area contributed by atoms with E-state index in [4.69, 9.17) is 19.7 Å². The van der Waals surface area contributed by atoms with E-state index in [1.54, 1.807) is 0 Å². The maximum Gasteiger partial charge on any atom is 0.164 e. The minimum atomic E-state index is -0.517. The minimum absolute atomic E-state index is 0.517. The molecule has 2 aromatic heterocycles. The highest BCUT2D eigenvalue weighted by Gasteiger charge is 2.51. The summed E-state index contributed by atoms with van der Waals surface area (Å²) in [5.41, 5.74) is 15.9. The molecule has 0 unspecified atom stereocenters. The molecule has 58 heavy (non-hydrogen) atoms. The first-order valence-corrected chi connectivity index (χ1v) is 19.6. The van der Waals surface area contributed by atoms with Gasteiger partial charge in [0.05, 0.1) is 5.41 Å². The van der Waals surface area contributed by atoms with Gasteiger partial charge in [-0.1, -0.05) is 170 Å². The number of hydrogen-bond donors (Lipinski definition) is 0. The molecule has 0 saturated carbocycles. The van der Waals surface area contributed by atoms with Gasteiger partial charge in [-0.15, -0.1) is 0 Å². The SMILES string of the molecule is Cc1ccc(-c2ccc(-c3nc(-c4ccccc4)nc(-c4ccc(-c5cccc6c5Oc5ccccc5C65c6ccccc6-c6ccccc65)cc4)n3)cc2)c(C)n1. The molecule has 1 spiro atoms. The Labute approximate surface area is 337 Å². The standard InChI is InChI=1S/C53H36N4O/c1-33-23-32-40(34(2)54-33)35-24-28-38(29-25-35)51-55-50(37-13-4-3-5-14-37)56-52(57-51)39-30-26-36(27-31-39)41-17-12-21-47-49(41)58-48-22-11-10-20-46(48)53(47)44-18-8-6-15-42(44)43-16-7-9-19-45(43)53/h3-32H,1-2H3. The predicted octanol–water partition coefficient (Wildman–Crippen LogP) is 12.7. The molecular weight excluding hydrogens is 709 g/mol. The first-order chi connectivity index (χ1) is 28.6. The van der Waals surface area contributed by atoms with Crippen LogP contribution >= 0.6 is 0 Å². The van der Waals surface area contributed by atoms with E-state index in [1.807, 2.05) is 37.3 Å². The molecule has 11 rings (SSSR count). The maximum atomic E-state index is 6.94. The predicted molar refractivity (Wildman–Crippen MR) is 232 cm³/mol. The lowest BCUT2D eigenvalue weighted by Gasteiger charge is -2.40. The third kappa shape index (κ3) is 5.24. The highest BCUT2D eigenvalue weighted by molar-refractivity contribution is 5.90. The zero-order chi connectivity index (χ0) is 38.8. The summed E-state index contributed by atoms with van der Waals surface area (Å²) in [7, 11) is 0. The summed E-state index contributed by atoms with van der Waals surface area (Å²) in [6, 6.07) is 63.9. The van der Waals surface area contributed by atoms with Gasteiger partial charge in [0.15, 0.2) is 17.5 Å². The van der Waals surface area contributed by atoms with E-state index in [0.29, 0.717) is 17.5 Å². The van der Waals surface area contributed by atoms with Gasteiger partial charge in [0.2, 0.25) is 0 Å². The van der Waals surface area contributed by atoms with Crippen LogP contribution in [0.1, 0.15) is 33.6 Å². The normalized spacial score (nSPS) is 12.9.